The molecule has 5 heteroatoms. The Hall–Kier alpha value is -1.57. The standard InChI is InChI=1S/C15H19ClN2O2/c1-14(2,13(19)20)15(3,4)18-9-11-6-5-10(8-17)7-12(11)16/h5-7,18H,9H2,1-4H3,(H,19,20). The Bertz CT molecular complexity index is 559. The molecule has 0 aliphatic rings. The van der Waals surface area contributed by atoms with E-state index in [9.17, 15) is 9.90 Å². The molecule has 108 valence electrons. The minimum absolute atomic E-state index is 0.439. The van der Waals surface area contributed by atoms with Gasteiger partial charge < -0.3 is 10.4 Å². The van der Waals surface area contributed by atoms with Crippen LogP contribution in [0.2, 0.25) is 5.02 Å². The van der Waals surface area contributed by atoms with Gasteiger partial charge in [-0.05, 0) is 45.4 Å². The van der Waals surface area contributed by atoms with Crippen LogP contribution in [0.5, 0.6) is 0 Å². The van der Waals surface area contributed by atoms with Crippen molar-refractivity contribution < 1.29 is 9.90 Å². The Morgan fingerprint density at radius 1 is 1.40 bits per heavy atom. The summed E-state index contributed by atoms with van der Waals surface area (Å²) in [7, 11) is 0. The van der Waals surface area contributed by atoms with Gasteiger partial charge in [-0.3, -0.25) is 4.79 Å². The number of nitriles is 1. The smallest absolute Gasteiger partial charge is 0.310 e. The summed E-state index contributed by atoms with van der Waals surface area (Å²) in [5, 5.41) is 21.8. The van der Waals surface area contributed by atoms with Crippen molar-refractivity contribution in [2.75, 3.05) is 0 Å². The van der Waals surface area contributed by atoms with Gasteiger partial charge in [0.05, 0.1) is 17.0 Å². The SMILES string of the molecule is CC(C)(NCc1ccc(C#N)cc1Cl)C(C)(C)C(=O)O. The molecule has 0 saturated heterocycles. The number of nitrogens with zero attached hydrogens (tertiary/aromatic N) is 1. The zero-order valence-corrected chi connectivity index (χ0v) is 12.9. The number of benzene rings is 1. The first kappa shape index (κ1) is 16.5. The lowest BCUT2D eigenvalue weighted by molar-refractivity contribution is -0.151. The van der Waals surface area contributed by atoms with E-state index >= 15 is 0 Å². The number of carboxylic acid groups (broad SMARTS) is 1. The molecule has 2 N–H and O–H groups in total. The highest BCUT2D eigenvalue weighted by molar-refractivity contribution is 6.31. The topological polar surface area (TPSA) is 73.1 Å². The Balaban J connectivity index is 2.87. The van der Waals surface area contributed by atoms with Crippen molar-refractivity contribution in [2.24, 2.45) is 5.41 Å². The maximum Gasteiger partial charge on any atom is 0.310 e. The molecule has 1 aromatic rings. The third-order valence-corrected chi connectivity index (χ3v) is 4.35. The Morgan fingerprint density at radius 2 is 2.00 bits per heavy atom. The quantitative estimate of drug-likeness (QED) is 0.874. The summed E-state index contributed by atoms with van der Waals surface area (Å²) in [6.45, 7) is 7.50. The predicted molar refractivity (Wildman–Crippen MR) is 78.5 cm³/mol. The highest BCUT2D eigenvalue weighted by Gasteiger charge is 2.43. The van der Waals surface area contributed by atoms with Gasteiger partial charge in [-0.25, -0.2) is 0 Å². The van der Waals surface area contributed by atoms with Crippen molar-refractivity contribution >= 4 is 17.6 Å². The molecular weight excluding hydrogens is 276 g/mol. The number of nitrogens with one attached hydrogen (secondary N) is 1. The van der Waals surface area contributed by atoms with E-state index < -0.39 is 16.9 Å². The van der Waals surface area contributed by atoms with Crippen LogP contribution in [0.4, 0.5) is 0 Å². The van der Waals surface area contributed by atoms with E-state index in [0.717, 1.165) is 5.56 Å². The summed E-state index contributed by atoms with van der Waals surface area (Å²) in [5.74, 6) is -0.860. The third kappa shape index (κ3) is 3.30. The molecule has 1 aromatic carbocycles. The second-order valence-electron chi connectivity index (χ2n) is 5.83. The average Bonchev–Trinajstić information content (AvgIpc) is 2.36. The first-order valence-corrected chi connectivity index (χ1v) is 6.66. The van der Waals surface area contributed by atoms with Crippen LogP contribution in [0, 0.1) is 16.7 Å². The molecule has 20 heavy (non-hydrogen) atoms. The van der Waals surface area contributed by atoms with E-state index in [1.807, 2.05) is 19.9 Å². The van der Waals surface area contributed by atoms with Crippen molar-refractivity contribution in [3.63, 3.8) is 0 Å². The van der Waals surface area contributed by atoms with Gasteiger partial charge in [0.2, 0.25) is 0 Å². The van der Waals surface area contributed by atoms with E-state index in [4.69, 9.17) is 16.9 Å². The minimum atomic E-state index is -0.925. The summed E-state index contributed by atoms with van der Waals surface area (Å²) in [4.78, 5) is 11.3. The molecule has 0 radical (unpaired) electrons. The van der Waals surface area contributed by atoms with Crippen molar-refractivity contribution in [3.8, 4) is 6.07 Å². The van der Waals surface area contributed by atoms with Crippen molar-refractivity contribution in [2.45, 2.75) is 39.8 Å². The number of hydrogen-bond donors (Lipinski definition) is 2. The van der Waals surface area contributed by atoms with Gasteiger partial charge in [-0.2, -0.15) is 5.26 Å². The fourth-order valence-electron chi connectivity index (χ4n) is 1.56. The monoisotopic (exact) mass is 294 g/mol. The Morgan fingerprint density at radius 3 is 2.45 bits per heavy atom. The van der Waals surface area contributed by atoms with Crippen LogP contribution in [-0.2, 0) is 11.3 Å². The van der Waals surface area contributed by atoms with Crippen LogP contribution in [0.3, 0.4) is 0 Å². The van der Waals surface area contributed by atoms with Crippen molar-refractivity contribution in [1.29, 1.82) is 5.26 Å². The van der Waals surface area contributed by atoms with Crippen molar-refractivity contribution in [1.82, 2.24) is 5.32 Å². The van der Waals surface area contributed by atoms with Crippen molar-refractivity contribution in [3.05, 3.63) is 34.3 Å². The van der Waals surface area contributed by atoms with Gasteiger partial charge in [0, 0.05) is 17.1 Å². The fraction of sp³-hybridized carbons (Fsp3) is 0.467. The Labute approximate surface area is 124 Å². The molecule has 0 unspecified atom stereocenters. The van der Waals surface area contributed by atoms with Crippen LogP contribution in [-0.4, -0.2) is 16.6 Å². The van der Waals surface area contributed by atoms with E-state index in [1.165, 1.54) is 0 Å². The molecule has 0 aliphatic carbocycles. The van der Waals surface area contributed by atoms with E-state index in [-0.39, 0.29) is 0 Å². The fourth-order valence-corrected chi connectivity index (χ4v) is 1.81. The van der Waals surface area contributed by atoms with Crippen LogP contribution < -0.4 is 5.32 Å². The first-order chi connectivity index (χ1) is 9.11. The highest BCUT2D eigenvalue weighted by Crippen LogP contribution is 2.31. The minimum Gasteiger partial charge on any atom is -0.481 e. The average molecular weight is 295 g/mol. The summed E-state index contributed by atoms with van der Waals surface area (Å²) in [6, 6.07) is 7.10. The number of halogens is 1. The van der Waals surface area contributed by atoms with Gasteiger partial charge in [-0.1, -0.05) is 17.7 Å². The molecule has 0 aromatic heterocycles. The lowest BCUT2D eigenvalue weighted by atomic mass is 9.74. The first-order valence-electron chi connectivity index (χ1n) is 6.29. The number of aliphatic carboxylic acids is 1. The van der Waals surface area contributed by atoms with Crippen LogP contribution in [0.15, 0.2) is 18.2 Å². The molecule has 0 atom stereocenters. The molecule has 0 heterocycles. The van der Waals surface area contributed by atoms with E-state index in [1.54, 1.807) is 32.0 Å². The highest BCUT2D eigenvalue weighted by atomic mass is 35.5. The maximum absolute atomic E-state index is 11.3. The molecule has 0 spiro atoms. The molecule has 0 amide bonds. The van der Waals surface area contributed by atoms with Crippen LogP contribution >= 0.6 is 11.6 Å². The summed E-state index contributed by atoms with van der Waals surface area (Å²) < 4.78 is 0. The summed E-state index contributed by atoms with van der Waals surface area (Å²) >= 11 is 6.11. The molecule has 0 saturated carbocycles. The van der Waals surface area contributed by atoms with Gasteiger partial charge >= 0.3 is 5.97 Å². The van der Waals surface area contributed by atoms with Gasteiger partial charge in [0.1, 0.15) is 0 Å². The van der Waals surface area contributed by atoms with Gasteiger partial charge in [0.25, 0.3) is 0 Å². The van der Waals surface area contributed by atoms with E-state index in [0.29, 0.717) is 17.1 Å². The lowest BCUT2D eigenvalue weighted by Gasteiger charge is -2.39. The normalized spacial score (nSPS) is 12.0. The maximum atomic E-state index is 11.3. The second kappa shape index (κ2) is 5.82. The third-order valence-electron chi connectivity index (χ3n) is 4.00. The second-order valence-corrected chi connectivity index (χ2v) is 6.23. The predicted octanol–water partition coefficient (Wildman–Crippen LogP) is 3.19. The molecule has 0 fully saturated rings. The molecule has 4 nitrogen and oxygen atoms in total. The number of hydrogen-bond acceptors (Lipinski definition) is 3. The molecular formula is C15H19ClN2O2. The zero-order chi connectivity index (χ0) is 15.6. The number of rotatable bonds is 5. The lowest BCUT2D eigenvalue weighted by Crippen LogP contribution is -2.54. The molecule has 0 bridgehead atoms. The number of carboxylic acids is 1. The van der Waals surface area contributed by atoms with Gasteiger partial charge in [0.15, 0.2) is 0 Å². The Kier molecular flexibility index (Phi) is 4.80. The summed E-state index contributed by atoms with van der Waals surface area (Å²) in [6.07, 6.45) is 0. The largest absolute Gasteiger partial charge is 0.481 e. The van der Waals surface area contributed by atoms with Gasteiger partial charge in [-0.15, -0.1) is 0 Å². The molecule has 0 aliphatic heterocycles. The number of carbonyl (C=O) groups is 1. The van der Waals surface area contributed by atoms with E-state index in [2.05, 4.69) is 5.32 Å². The van der Waals surface area contributed by atoms with Crippen LogP contribution in [0.25, 0.3) is 0 Å². The molecule has 1 rings (SSSR count). The zero-order valence-electron chi connectivity index (χ0n) is 12.1. The van der Waals surface area contributed by atoms with Crippen LogP contribution in [0.1, 0.15) is 38.8 Å². The summed E-state index contributed by atoms with van der Waals surface area (Å²) in [5.41, 5.74) is -0.203.